The van der Waals surface area contributed by atoms with Crippen molar-refractivity contribution in [3.05, 3.63) is 24.2 Å². The van der Waals surface area contributed by atoms with Gasteiger partial charge in [0.05, 0.1) is 26.0 Å². The average molecular weight is 254 g/mol. The summed E-state index contributed by atoms with van der Waals surface area (Å²) in [6.45, 7) is 0.0637. The smallest absolute Gasteiger partial charge is 0.319 e. The van der Waals surface area contributed by atoms with Gasteiger partial charge in [-0.2, -0.15) is 0 Å². The first-order valence-corrected chi connectivity index (χ1v) is 5.92. The Morgan fingerprint density at radius 3 is 3.06 bits per heavy atom. The van der Waals surface area contributed by atoms with Crippen molar-refractivity contribution in [3.63, 3.8) is 0 Å². The first-order chi connectivity index (χ1) is 8.63. The zero-order valence-corrected chi connectivity index (χ0v) is 10.3. The molecule has 1 aromatic heterocycles. The van der Waals surface area contributed by atoms with Gasteiger partial charge in [-0.25, -0.2) is 0 Å². The van der Waals surface area contributed by atoms with Crippen LogP contribution in [0.5, 0.6) is 0 Å². The van der Waals surface area contributed by atoms with Crippen molar-refractivity contribution in [1.82, 2.24) is 4.90 Å². The van der Waals surface area contributed by atoms with Crippen LogP contribution < -0.4 is 5.73 Å². The Bertz CT molecular complexity index is 393. The average Bonchev–Trinajstić information content (AvgIpc) is 2.89. The second kappa shape index (κ2) is 5.51. The number of likely N-dealkylation sites (tertiary alicyclic amines) is 1. The van der Waals surface area contributed by atoms with Gasteiger partial charge in [-0.3, -0.25) is 9.69 Å². The summed E-state index contributed by atoms with van der Waals surface area (Å²) in [7, 11) is 1.33. The number of methoxy groups -OCH3 is 1. The second-order valence-electron chi connectivity index (χ2n) is 4.42. The Morgan fingerprint density at radius 2 is 2.44 bits per heavy atom. The third-order valence-corrected chi connectivity index (χ3v) is 3.36. The van der Waals surface area contributed by atoms with Gasteiger partial charge in [-0.1, -0.05) is 0 Å². The van der Waals surface area contributed by atoms with E-state index in [1.165, 1.54) is 7.11 Å². The van der Waals surface area contributed by atoms with E-state index in [4.69, 9.17) is 10.2 Å². The molecule has 0 spiro atoms. The number of ether oxygens (including phenoxy) is 1. The number of nitrogens with two attached hydrogens (primary N) is 1. The van der Waals surface area contributed by atoms with E-state index in [1.54, 1.807) is 11.2 Å². The number of furan rings is 1. The largest absolute Gasteiger partial charge is 0.469 e. The highest BCUT2D eigenvalue weighted by Crippen LogP contribution is 2.26. The van der Waals surface area contributed by atoms with E-state index in [2.05, 4.69) is 4.74 Å². The van der Waals surface area contributed by atoms with E-state index in [9.17, 15) is 9.90 Å². The molecule has 0 amide bonds. The van der Waals surface area contributed by atoms with Crippen LogP contribution in [-0.4, -0.2) is 47.9 Å². The molecule has 18 heavy (non-hydrogen) atoms. The summed E-state index contributed by atoms with van der Waals surface area (Å²) in [5.41, 5.74) is 5.84. The topological polar surface area (TPSA) is 88.9 Å². The molecule has 2 heterocycles. The van der Waals surface area contributed by atoms with Crippen LogP contribution in [0.3, 0.4) is 0 Å². The van der Waals surface area contributed by atoms with Crippen LogP contribution in [0.2, 0.25) is 0 Å². The van der Waals surface area contributed by atoms with Gasteiger partial charge in [0.25, 0.3) is 0 Å². The summed E-state index contributed by atoms with van der Waals surface area (Å²) in [4.78, 5) is 12.9. The minimum atomic E-state index is -0.772. The van der Waals surface area contributed by atoms with Gasteiger partial charge in [0.15, 0.2) is 0 Å². The molecule has 1 aromatic rings. The number of rotatable bonds is 5. The molecule has 3 N–H and O–H groups in total. The lowest BCUT2D eigenvalue weighted by atomic mass is 9.90. The lowest BCUT2D eigenvalue weighted by Gasteiger charge is -2.50. The van der Waals surface area contributed by atoms with Crippen molar-refractivity contribution >= 4 is 5.97 Å². The molecule has 100 valence electrons. The van der Waals surface area contributed by atoms with Gasteiger partial charge in [0, 0.05) is 12.5 Å². The number of aliphatic hydroxyl groups is 1. The van der Waals surface area contributed by atoms with Gasteiger partial charge in [-0.15, -0.1) is 0 Å². The van der Waals surface area contributed by atoms with E-state index in [0.29, 0.717) is 0 Å². The molecule has 3 unspecified atom stereocenters. The van der Waals surface area contributed by atoms with Gasteiger partial charge < -0.3 is 20.0 Å². The van der Waals surface area contributed by atoms with Crippen molar-refractivity contribution in [2.45, 2.75) is 31.2 Å². The molecule has 0 aromatic carbocycles. The number of esters is 1. The Balaban J connectivity index is 1.87. The summed E-state index contributed by atoms with van der Waals surface area (Å²) >= 11 is 0. The van der Waals surface area contributed by atoms with E-state index in [1.807, 2.05) is 12.1 Å². The van der Waals surface area contributed by atoms with Crippen molar-refractivity contribution < 1.29 is 19.1 Å². The maximum atomic E-state index is 11.2. The molecule has 1 saturated heterocycles. The van der Waals surface area contributed by atoms with Gasteiger partial charge in [0.2, 0.25) is 0 Å². The predicted octanol–water partition coefficient (Wildman–Crippen LogP) is -0.285. The van der Waals surface area contributed by atoms with Crippen molar-refractivity contribution in [3.8, 4) is 0 Å². The van der Waals surface area contributed by atoms with Crippen LogP contribution in [0.4, 0.5) is 0 Å². The molecule has 0 aliphatic carbocycles. The molecule has 0 radical (unpaired) electrons. The molecule has 1 aliphatic rings. The SMILES string of the molecule is COC(=O)CN1C(O)C(N)C1CCc1ccco1. The Morgan fingerprint density at radius 1 is 1.67 bits per heavy atom. The summed E-state index contributed by atoms with van der Waals surface area (Å²) in [6, 6.07) is 3.37. The van der Waals surface area contributed by atoms with E-state index in [0.717, 1.165) is 18.6 Å². The third kappa shape index (κ3) is 2.55. The Labute approximate surface area is 105 Å². The van der Waals surface area contributed by atoms with Crippen molar-refractivity contribution in [1.29, 1.82) is 0 Å². The van der Waals surface area contributed by atoms with Crippen LogP contribution in [-0.2, 0) is 16.0 Å². The van der Waals surface area contributed by atoms with E-state index in [-0.39, 0.29) is 24.6 Å². The van der Waals surface area contributed by atoms with Gasteiger partial charge >= 0.3 is 5.97 Å². The first kappa shape index (κ1) is 13.1. The summed E-state index contributed by atoms with van der Waals surface area (Å²) < 4.78 is 9.83. The number of carbonyl (C=O) groups excluding carboxylic acids is 1. The molecule has 0 bridgehead atoms. The fourth-order valence-electron chi connectivity index (χ4n) is 2.26. The molecule has 1 fully saturated rings. The molecule has 6 nitrogen and oxygen atoms in total. The zero-order valence-electron chi connectivity index (χ0n) is 10.3. The predicted molar refractivity (Wildman–Crippen MR) is 63.5 cm³/mol. The van der Waals surface area contributed by atoms with Crippen molar-refractivity contribution in [2.75, 3.05) is 13.7 Å². The molecular formula is C12H18N2O4. The lowest BCUT2D eigenvalue weighted by Crippen LogP contribution is -2.72. The summed E-state index contributed by atoms with van der Waals surface area (Å²) in [6.07, 6.45) is 2.32. The number of nitrogens with zero attached hydrogens (tertiary/aromatic N) is 1. The molecule has 1 aliphatic heterocycles. The third-order valence-electron chi connectivity index (χ3n) is 3.36. The van der Waals surface area contributed by atoms with E-state index >= 15 is 0 Å². The fourth-order valence-corrected chi connectivity index (χ4v) is 2.26. The second-order valence-corrected chi connectivity index (χ2v) is 4.42. The quantitative estimate of drug-likeness (QED) is 0.702. The minimum absolute atomic E-state index is 0.0239. The number of aryl methyl sites for hydroxylation is 1. The monoisotopic (exact) mass is 254 g/mol. The number of hydrogen-bond acceptors (Lipinski definition) is 6. The molecule has 6 heteroatoms. The Hall–Kier alpha value is -1.37. The molecule has 3 atom stereocenters. The van der Waals surface area contributed by atoms with Crippen molar-refractivity contribution in [2.24, 2.45) is 5.73 Å². The molecule has 2 rings (SSSR count). The molecular weight excluding hydrogens is 236 g/mol. The normalized spacial score (nSPS) is 27.8. The maximum absolute atomic E-state index is 11.2. The molecule has 0 saturated carbocycles. The number of carbonyl (C=O) groups is 1. The standard InChI is InChI=1S/C12H18N2O4/c1-17-10(15)7-14-9(11(13)12(14)16)5-4-8-3-2-6-18-8/h2-3,6,9,11-12,16H,4-5,7,13H2,1H3. The highest BCUT2D eigenvalue weighted by Gasteiger charge is 2.45. The number of aliphatic hydroxyl groups excluding tert-OH is 1. The number of hydrogen-bond donors (Lipinski definition) is 2. The van der Waals surface area contributed by atoms with Crippen LogP contribution in [0, 0.1) is 0 Å². The Kier molecular flexibility index (Phi) is 4.00. The maximum Gasteiger partial charge on any atom is 0.319 e. The van der Waals surface area contributed by atoms with Crippen LogP contribution >= 0.6 is 0 Å². The van der Waals surface area contributed by atoms with Gasteiger partial charge in [0.1, 0.15) is 12.0 Å². The fraction of sp³-hybridized carbons (Fsp3) is 0.583. The zero-order chi connectivity index (χ0) is 13.1. The summed E-state index contributed by atoms with van der Waals surface area (Å²) in [5, 5.41) is 9.72. The van der Waals surface area contributed by atoms with Crippen LogP contribution in [0.25, 0.3) is 0 Å². The minimum Gasteiger partial charge on any atom is -0.469 e. The first-order valence-electron chi connectivity index (χ1n) is 5.92. The van der Waals surface area contributed by atoms with Crippen LogP contribution in [0.1, 0.15) is 12.2 Å². The highest BCUT2D eigenvalue weighted by atomic mass is 16.5. The van der Waals surface area contributed by atoms with Crippen LogP contribution in [0.15, 0.2) is 22.8 Å². The lowest BCUT2D eigenvalue weighted by molar-refractivity contribution is -0.166. The van der Waals surface area contributed by atoms with Gasteiger partial charge in [-0.05, 0) is 18.6 Å². The highest BCUT2D eigenvalue weighted by molar-refractivity contribution is 5.71. The summed E-state index contributed by atoms with van der Waals surface area (Å²) in [5.74, 6) is 0.505. The van der Waals surface area contributed by atoms with E-state index < -0.39 is 6.23 Å².